The predicted molar refractivity (Wildman–Crippen MR) is 79.0 cm³/mol. The topological polar surface area (TPSA) is 68.7 Å². The number of hydrogen-bond donors (Lipinski definition) is 2. The Morgan fingerprint density at radius 2 is 1.96 bits per heavy atom. The van der Waals surface area contributed by atoms with Gasteiger partial charge in [-0.3, -0.25) is 4.79 Å². The summed E-state index contributed by atoms with van der Waals surface area (Å²) in [6, 6.07) is 6.33. The van der Waals surface area contributed by atoms with Gasteiger partial charge in [-0.15, -0.1) is 0 Å². The van der Waals surface area contributed by atoms with E-state index in [1.165, 1.54) is 25.1 Å². The molecule has 1 aliphatic rings. The van der Waals surface area contributed by atoms with Crippen molar-refractivity contribution < 1.29 is 13.2 Å². The predicted octanol–water partition coefficient (Wildman–Crippen LogP) is 3.77. The Labute approximate surface area is 133 Å². The number of pyridine rings is 1. The molecule has 1 atom stereocenters. The number of H-pyrrole nitrogens is 1. The first kappa shape index (κ1) is 15.4. The Kier molecular flexibility index (Phi) is 3.20. The van der Waals surface area contributed by atoms with E-state index < -0.39 is 22.7 Å². The molecule has 1 aliphatic heterocycles. The molecule has 1 unspecified atom stereocenters. The number of anilines is 2. The molecule has 0 saturated heterocycles. The van der Waals surface area contributed by atoms with Gasteiger partial charge >= 0.3 is 6.18 Å². The molecule has 23 heavy (non-hydrogen) atoms. The van der Waals surface area contributed by atoms with Crippen molar-refractivity contribution in [2.24, 2.45) is 0 Å². The monoisotopic (exact) mass is 339 g/mol. The highest BCUT2D eigenvalue weighted by Gasteiger charge is 2.61. The summed E-state index contributed by atoms with van der Waals surface area (Å²) < 4.78 is 41.8. The van der Waals surface area contributed by atoms with Gasteiger partial charge < -0.3 is 10.3 Å². The molecule has 0 saturated carbocycles. The molecule has 3 rings (SSSR count). The fourth-order valence-corrected chi connectivity index (χ4v) is 2.99. The van der Waals surface area contributed by atoms with Crippen LogP contribution in [0, 0.1) is 18.3 Å². The molecule has 0 fully saturated rings. The molecule has 0 aliphatic carbocycles. The van der Waals surface area contributed by atoms with Gasteiger partial charge in [0.1, 0.15) is 5.69 Å². The van der Waals surface area contributed by atoms with Crippen LogP contribution in [0.5, 0.6) is 0 Å². The van der Waals surface area contributed by atoms with E-state index in [9.17, 15) is 23.2 Å². The minimum atomic E-state index is -4.93. The zero-order valence-electron chi connectivity index (χ0n) is 11.7. The maximum atomic E-state index is 13.9. The number of hydrogen-bond acceptors (Lipinski definition) is 3. The minimum absolute atomic E-state index is 0.0233. The van der Waals surface area contributed by atoms with Crippen LogP contribution in [0.3, 0.4) is 0 Å². The average Bonchev–Trinajstić information content (AvgIpc) is 2.44. The Bertz CT molecular complexity index is 914. The maximum Gasteiger partial charge on any atom is 0.415 e. The molecule has 118 valence electrons. The molecular weight excluding hydrogens is 331 g/mol. The first-order valence-corrected chi connectivity index (χ1v) is 6.88. The summed E-state index contributed by atoms with van der Waals surface area (Å²) in [6.07, 6.45) is -4.93. The molecule has 2 N–H and O–H groups in total. The number of halogens is 4. The van der Waals surface area contributed by atoms with Crippen LogP contribution in [0.1, 0.15) is 16.8 Å². The second-order valence-electron chi connectivity index (χ2n) is 5.24. The lowest BCUT2D eigenvalue weighted by atomic mass is 9.71. The van der Waals surface area contributed by atoms with Gasteiger partial charge in [-0.25, -0.2) is 0 Å². The quantitative estimate of drug-likeness (QED) is 0.767. The molecule has 0 radical (unpaired) electrons. The second kappa shape index (κ2) is 4.77. The van der Waals surface area contributed by atoms with E-state index in [-0.39, 0.29) is 27.7 Å². The van der Waals surface area contributed by atoms with Gasteiger partial charge in [0, 0.05) is 27.5 Å². The molecule has 8 heteroatoms. The van der Waals surface area contributed by atoms with E-state index in [4.69, 9.17) is 11.6 Å². The summed E-state index contributed by atoms with van der Waals surface area (Å²) in [5.41, 5.74) is -4.47. The van der Waals surface area contributed by atoms with Gasteiger partial charge in [0.05, 0.1) is 6.07 Å². The number of fused-ring (bicyclic) bond motifs is 2. The van der Waals surface area contributed by atoms with Gasteiger partial charge in [-0.2, -0.15) is 18.4 Å². The molecule has 1 aromatic carbocycles. The van der Waals surface area contributed by atoms with Gasteiger partial charge in [-0.1, -0.05) is 11.6 Å². The lowest BCUT2D eigenvalue weighted by molar-refractivity contribution is -0.162. The Morgan fingerprint density at radius 3 is 2.57 bits per heavy atom. The molecule has 1 aromatic heterocycles. The van der Waals surface area contributed by atoms with Crippen molar-refractivity contribution in [3.8, 4) is 6.07 Å². The summed E-state index contributed by atoms with van der Waals surface area (Å²) in [6.45, 7) is 1.45. The fourth-order valence-electron chi connectivity index (χ4n) is 2.81. The maximum absolute atomic E-state index is 13.9. The molecular formula is C15H9ClF3N3O. The van der Waals surface area contributed by atoms with E-state index in [2.05, 4.69) is 10.3 Å². The number of aromatic nitrogens is 1. The average molecular weight is 340 g/mol. The van der Waals surface area contributed by atoms with E-state index in [0.29, 0.717) is 0 Å². The summed E-state index contributed by atoms with van der Waals surface area (Å²) in [7, 11) is 0. The van der Waals surface area contributed by atoms with Crippen LogP contribution in [0.4, 0.5) is 24.5 Å². The highest BCUT2D eigenvalue weighted by molar-refractivity contribution is 6.30. The van der Waals surface area contributed by atoms with Crippen molar-refractivity contribution in [2.45, 2.75) is 18.5 Å². The van der Waals surface area contributed by atoms with Crippen LogP contribution in [0.2, 0.25) is 5.02 Å². The van der Waals surface area contributed by atoms with E-state index in [0.717, 1.165) is 12.1 Å². The normalized spacial score (nSPS) is 19.3. The highest BCUT2D eigenvalue weighted by Crippen LogP contribution is 2.53. The number of aromatic amines is 1. The lowest BCUT2D eigenvalue weighted by Crippen LogP contribution is -2.46. The SMILES string of the molecule is Cc1cc2c(c(=O)[nH]1)Nc1ccc(Cl)cc1C2(C#N)C(F)(F)F. The third-order valence-electron chi connectivity index (χ3n) is 3.81. The van der Waals surface area contributed by atoms with Crippen LogP contribution in [-0.4, -0.2) is 11.2 Å². The Hall–Kier alpha value is -2.46. The summed E-state index contributed by atoms with van der Waals surface area (Å²) >= 11 is 5.83. The zero-order chi connectivity index (χ0) is 17.0. The number of rotatable bonds is 0. The molecule has 2 heterocycles. The van der Waals surface area contributed by atoms with Crippen LogP contribution < -0.4 is 10.9 Å². The van der Waals surface area contributed by atoms with Crippen LogP contribution >= 0.6 is 11.6 Å². The van der Waals surface area contributed by atoms with Crippen molar-refractivity contribution in [3.63, 3.8) is 0 Å². The first-order valence-electron chi connectivity index (χ1n) is 6.50. The van der Waals surface area contributed by atoms with Crippen molar-refractivity contribution in [1.29, 1.82) is 5.26 Å². The smallest absolute Gasteiger partial charge is 0.350 e. The third kappa shape index (κ3) is 2.02. The summed E-state index contributed by atoms with van der Waals surface area (Å²) in [4.78, 5) is 14.5. The van der Waals surface area contributed by atoms with Crippen LogP contribution in [0.25, 0.3) is 0 Å². The number of aryl methyl sites for hydroxylation is 1. The van der Waals surface area contributed by atoms with Gasteiger partial charge in [0.2, 0.25) is 5.41 Å². The number of nitrogens with zero attached hydrogens (tertiary/aromatic N) is 1. The van der Waals surface area contributed by atoms with Crippen molar-refractivity contribution in [2.75, 3.05) is 5.32 Å². The van der Waals surface area contributed by atoms with Crippen LogP contribution in [0.15, 0.2) is 29.1 Å². The molecule has 0 amide bonds. The van der Waals surface area contributed by atoms with Crippen LogP contribution in [-0.2, 0) is 5.41 Å². The molecule has 2 aromatic rings. The van der Waals surface area contributed by atoms with Crippen molar-refractivity contribution in [3.05, 3.63) is 56.5 Å². The fraction of sp³-hybridized carbons (Fsp3) is 0.200. The van der Waals surface area contributed by atoms with Gasteiger partial charge in [0.25, 0.3) is 5.56 Å². The summed E-state index contributed by atoms with van der Waals surface area (Å²) in [5.74, 6) is 0. The zero-order valence-corrected chi connectivity index (χ0v) is 12.4. The standard InChI is InChI=1S/C15H9ClF3N3O/c1-7-4-10-12(13(23)21-7)22-11-3-2-8(16)5-9(11)14(10,6-20)15(17,18)19/h2-5,22H,1H3,(H,21,23). The van der Waals surface area contributed by atoms with E-state index in [1.807, 2.05) is 0 Å². The van der Waals surface area contributed by atoms with Crippen molar-refractivity contribution in [1.82, 2.24) is 4.98 Å². The van der Waals surface area contributed by atoms with Crippen molar-refractivity contribution >= 4 is 23.0 Å². The van der Waals surface area contributed by atoms with E-state index >= 15 is 0 Å². The highest BCUT2D eigenvalue weighted by atomic mass is 35.5. The minimum Gasteiger partial charge on any atom is -0.350 e. The third-order valence-corrected chi connectivity index (χ3v) is 4.05. The number of benzene rings is 1. The molecule has 0 bridgehead atoms. The lowest BCUT2D eigenvalue weighted by Gasteiger charge is -2.36. The Balaban J connectivity index is 2.51. The van der Waals surface area contributed by atoms with Gasteiger partial charge in [-0.05, 0) is 31.2 Å². The second-order valence-corrected chi connectivity index (χ2v) is 5.68. The molecule has 4 nitrogen and oxygen atoms in total. The summed E-state index contributed by atoms with van der Waals surface area (Å²) in [5, 5.41) is 12.2. The number of nitriles is 1. The Morgan fingerprint density at radius 1 is 1.26 bits per heavy atom. The first-order chi connectivity index (χ1) is 10.7. The number of nitrogens with one attached hydrogen (secondary N) is 2. The molecule has 0 spiro atoms. The largest absolute Gasteiger partial charge is 0.415 e. The van der Waals surface area contributed by atoms with Gasteiger partial charge in [0.15, 0.2) is 0 Å². The van der Waals surface area contributed by atoms with E-state index in [1.54, 1.807) is 0 Å². The number of alkyl halides is 3.